The molecule has 0 bridgehead atoms. The fourth-order valence-electron chi connectivity index (χ4n) is 1.11. The number of hydrogen-bond donors (Lipinski definition) is 1. The summed E-state index contributed by atoms with van der Waals surface area (Å²) in [6.45, 7) is 2.58. The molecule has 0 aliphatic rings. The van der Waals surface area contributed by atoms with Gasteiger partial charge in [-0.3, -0.25) is 9.78 Å². The van der Waals surface area contributed by atoms with Crippen LogP contribution in [0.4, 0.5) is 13.2 Å². The molecule has 0 aliphatic carbocycles. The van der Waals surface area contributed by atoms with E-state index in [4.69, 9.17) is 0 Å². The molecule has 106 valence electrons. The van der Waals surface area contributed by atoms with Crippen molar-refractivity contribution in [3.05, 3.63) is 29.6 Å². The second-order valence-electron chi connectivity index (χ2n) is 3.92. The van der Waals surface area contributed by atoms with Gasteiger partial charge in [0.15, 0.2) is 0 Å². The number of nitrogens with zero attached hydrogens (tertiary/aromatic N) is 1. The minimum atomic E-state index is -4.79. The van der Waals surface area contributed by atoms with Gasteiger partial charge in [0.05, 0.1) is 10.8 Å². The molecule has 5 nitrogen and oxygen atoms in total. The summed E-state index contributed by atoms with van der Waals surface area (Å²) in [6.07, 6.45) is -3.81. The Morgan fingerprint density at radius 1 is 1.37 bits per heavy atom. The van der Waals surface area contributed by atoms with E-state index in [0.717, 1.165) is 12.3 Å². The first-order valence-corrected chi connectivity index (χ1v) is 6.68. The second-order valence-corrected chi connectivity index (χ2v) is 6.16. The van der Waals surface area contributed by atoms with Crippen LogP contribution in [-0.2, 0) is 16.2 Å². The number of pyridine rings is 1. The van der Waals surface area contributed by atoms with Crippen molar-refractivity contribution in [3.8, 4) is 0 Å². The minimum absolute atomic E-state index is 0.657. The molecular formula is C10H11F3N2O3S. The molecule has 19 heavy (non-hydrogen) atoms. The van der Waals surface area contributed by atoms with Crippen LogP contribution in [0.5, 0.6) is 0 Å². The number of amides is 1. The normalized spacial score (nSPS) is 12.5. The molecular weight excluding hydrogens is 285 g/mol. The van der Waals surface area contributed by atoms with Crippen LogP contribution in [0, 0.1) is 0 Å². The number of rotatable bonds is 3. The fraction of sp³-hybridized carbons (Fsp3) is 0.400. The summed E-state index contributed by atoms with van der Waals surface area (Å²) in [5.41, 5.74) is -2.26. The van der Waals surface area contributed by atoms with Gasteiger partial charge in [-0.1, -0.05) is 0 Å². The van der Waals surface area contributed by atoms with Crippen LogP contribution in [0.25, 0.3) is 0 Å². The zero-order valence-electron chi connectivity index (χ0n) is 10.0. The van der Waals surface area contributed by atoms with E-state index in [0.29, 0.717) is 6.07 Å². The predicted octanol–water partition coefficient (Wildman–Crippen LogP) is 1.57. The summed E-state index contributed by atoms with van der Waals surface area (Å²) < 4.78 is 62.3. The number of alkyl halides is 3. The maximum atomic E-state index is 12.6. The Bertz CT molecular complexity index is 582. The highest BCUT2D eigenvalue weighted by Gasteiger charge is 2.36. The van der Waals surface area contributed by atoms with Gasteiger partial charge in [0.2, 0.25) is 10.0 Å². The van der Waals surface area contributed by atoms with Crippen molar-refractivity contribution in [1.29, 1.82) is 0 Å². The number of nitrogens with one attached hydrogen (secondary N) is 1. The molecule has 0 aromatic carbocycles. The SMILES string of the molecule is CC(C)S(=O)(=O)NC(=O)c1ncccc1C(F)(F)F. The Morgan fingerprint density at radius 2 is 1.95 bits per heavy atom. The van der Waals surface area contributed by atoms with Crippen molar-refractivity contribution in [1.82, 2.24) is 9.71 Å². The number of sulfonamides is 1. The van der Waals surface area contributed by atoms with Crippen LogP contribution in [0.15, 0.2) is 18.3 Å². The summed E-state index contributed by atoms with van der Waals surface area (Å²) in [7, 11) is -4.01. The molecule has 0 saturated carbocycles. The number of hydrogen-bond acceptors (Lipinski definition) is 4. The largest absolute Gasteiger partial charge is 0.418 e. The summed E-state index contributed by atoms with van der Waals surface area (Å²) in [5, 5.41) is -0.950. The van der Waals surface area contributed by atoms with E-state index in [1.54, 1.807) is 4.72 Å². The summed E-state index contributed by atoms with van der Waals surface area (Å²) in [5.74, 6) is -1.40. The highest BCUT2D eigenvalue weighted by molar-refractivity contribution is 7.90. The van der Waals surface area contributed by atoms with Gasteiger partial charge in [0, 0.05) is 6.20 Å². The van der Waals surface area contributed by atoms with E-state index in [1.165, 1.54) is 13.8 Å². The molecule has 1 aromatic heterocycles. The third-order valence-corrected chi connectivity index (χ3v) is 3.89. The van der Waals surface area contributed by atoms with Crippen molar-refractivity contribution in [3.63, 3.8) is 0 Å². The molecule has 0 atom stereocenters. The van der Waals surface area contributed by atoms with Crippen molar-refractivity contribution >= 4 is 15.9 Å². The lowest BCUT2D eigenvalue weighted by atomic mass is 10.2. The van der Waals surface area contributed by atoms with Gasteiger partial charge in [-0.25, -0.2) is 13.1 Å². The van der Waals surface area contributed by atoms with Gasteiger partial charge in [0.25, 0.3) is 5.91 Å². The number of aromatic nitrogens is 1. The Balaban J connectivity index is 3.16. The van der Waals surface area contributed by atoms with Crippen LogP contribution in [-0.4, -0.2) is 24.6 Å². The first-order chi connectivity index (χ1) is 8.55. The van der Waals surface area contributed by atoms with Crippen LogP contribution in [0.2, 0.25) is 0 Å². The number of halogens is 3. The number of carbonyl (C=O) groups excluding carboxylic acids is 1. The quantitative estimate of drug-likeness (QED) is 0.918. The molecule has 0 radical (unpaired) electrons. The third-order valence-electron chi connectivity index (χ3n) is 2.18. The maximum Gasteiger partial charge on any atom is 0.418 e. The van der Waals surface area contributed by atoms with Crippen LogP contribution >= 0.6 is 0 Å². The Hall–Kier alpha value is -1.64. The topological polar surface area (TPSA) is 76.1 Å². The lowest BCUT2D eigenvalue weighted by molar-refractivity contribution is -0.138. The van der Waals surface area contributed by atoms with E-state index >= 15 is 0 Å². The Labute approximate surface area is 107 Å². The maximum absolute atomic E-state index is 12.6. The van der Waals surface area contributed by atoms with E-state index in [-0.39, 0.29) is 0 Å². The lowest BCUT2D eigenvalue weighted by Crippen LogP contribution is -2.37. The molecule has 0 saturated heterocycles. The van der Waals surface area contributed by atoms with E-state index in [1.807, 2.05) is 0 Å². The summed E-state index contributed by atoms with van der Waals surface area (Å²) in [6, 6.07) is 1.67. The molecule has 0 aliphatic heterocycles. The summed E-state index contributed by atoms with van der Waals surface area (Å²) in [4.78, 5) is 14.9. The van der Waals surface area contributed by atoms with Crippen LogP contribution in [0.1, 0.15) is 29.9 Å². The zero-order chi connectivity index (χ0) is 14.8. The highest BCUT2D eigenvalue weighted by atomic mass is 32.2. The first-order valence-electron chi connectivity index (χ1n) is 5.14. The number of carbonyl (C=O) groups is 1. The van der Waals surface area contributed by atoms with Gasteiger partial charge in [-0.05, 0) is 26.0 Å². The Kier molecular flexibility index (Phi) is 4.18. The average Bonchev–Trinajstić information content (AvgIpc) is 2.27. The first kappa shape index (κ1) is 15.4. The zero-order valence-corrected chi connectivity index (χ0v) is 10.8. The molecule has 1 rings (SSSR count). The van der Waals surface area contributed by atoms with Crippen molar-refractivity contribution in [2.45, 2.75) is 25.3 Å². The fourth-order valence-corrected chi connectivity index (χ4v) is 1.70. The molecule has 1 aromatic rings. The monoisotopic (exact) mass is 296 g/mol. The molecule has 0 fully saturated rings. The minimum Gasteiger partial charge on any atom is -0.266 e. The van der Waals surface area contributed by atoms with Crippen LogP contribution in [0.3, 0.4) is 0 Å². The van der Waals surface area contributed by atoms with Gasteiger partial charge < -0.3 is 0 Å². The van der Waals surface area contributed by atoms with E-state index in [9.17, 15) is 26.4 Å². The molecule has 0 spiro atoms. The molecule has 1 N–H and O–H groups in total. The van der Waals surface area contributed by atoms with E-state index in [2.05, 4.69) is 4.98 Å². The average molecular weight is 296 g/mol. The predicted molar refractivity (Wildman–Crippen MR) is 60.8 cm³/mol. The van der Waals surface area contributed by atoms with Gasteiger partial charge in [-0.15, -0.1) is 0 Å². The lowest BCUT2D eigenvalue weighted by Gasteiger charge is -2.13. The molecule has 1 amide bonds. The molecule has 9 heteroatoms. The highest BCUT2D eigenvalue weighted by Crippen LogP contribution is 2.30. The van der Waals surface area contributed by atoms with Crippen molar-refractivity contribution in [2.75, 3.05) is 0 Å². The molecule has 1 heterocycles. The van der Waals surface area contributed by atoms with Gasteiger partial charge in [-0.2, -0.15) is 13.2 Å². The van der Waals surface area contributed by atoms with Gasteiger partial charge >= 0.3 is 6.18 Å². The van der Waals surface area contributed by atoms with Crippen LogP contribution < -0.4 is 4.72 Å². The third kappa shape index (κ3) is 3.66. The summed E-state index contributed by atoms with van der Waals surface area (Å²) >= 11 is 0. The second kappa shape index (κ2) is 5.16. The molecule has 0 unspecified atom stereocenters. The van der Waals surface area contributed by atoms with Crippen molar-refractivity contribution < 1.29 is 26.4 Å². The van der Waals surface area contributed by atoms with Gasteiger partial charge in [0.1, 0.15) is 5.69 Å². The smallest absolute Gasteiger partial charge is 0.266 e. The van der Waals surface area contributed by atoms with E-state index < -0.39 is 38.6 Å². The standard InChI is InChI=1S/C10H11F3N2O3S/c1-6(2)19(17,18)15-9(16)8-7(10(11,12)13)4-3-5-14-8/h3-6H,1-2H3,(H,15,16). The van der Waals surface area contributed by atoms with Crippen molar-refractivity contribution in [2.24, 2.45) is 0 Å². The Morgan fingerprint density at radius 3 is 2.42 bits per heavy atom.